The molecule has 0 spiro atoms. The van der Waals surface area contributed by atoms with Crippen LogP contribution in [0.25, 0.3) is 5.65 Å². The third-order valence-electron chi connectivity index (χ3n) is 1.79. The Hall–Kier alpha value is -1.09. The van der Waals surface area contributed by atoms with Gasteiger partial charge in [0.15, 0.2) is 5.65 Å². The molecule has 0 atom stereocenters. The molecule has 2 aromatic rings. The molecule has 62 valence electrons. The summed E-state index contributed by atoms with van der Waals surface area (Å²) in [6.45, 7) is 2.07. The van der Waals surface area contributed by atoms with Crippen molar-refractivity contribution in [3.8, 4) is 0 Å². The third-order valence-corrected chi connectivity index (χ3v) is 2.00. The first-order chi connectivity index (χ1) is 5.81. The minimum absolute atomic E-state index is 0.512. The van der Waals surface area contributed by atoms with Gasteiger partial charge in [0.1, 0.15) is 5.15 Å². The van der Waals surface area contributed by atoms with Gasteiger partial charge in [0.25, 0.3) is 0 Å². The number of nitrogens with zero attached hydrogens (tertiary/aromatic N) is 3. The van der Waals surface area contributed by atoms with E-state index in [1.54, 1.807) is 10.6 Å². The smallest absolute Gasteiger partial charge is 0.159 e. The molecule has 4 heteroatoms. The van der Waals surface area contributed by atoms with Gasteiger partial charge < -0.3 is 0 Å². The minimum atomic E-state index is 0.512. The van der Waals surface area contributed by atoms with Crippen molar-refractivity contribution in [2.45, 2.75) is 13.3 Å². The van der Waals surface area contributed by atoms with E-state index in [1.807, 2.05) is 12.4 Å². The maximum atomic E-state index is 5.75. The van der Waals surface area contributed by atoms with Crippen molar-refractivity contribution in [2.24, 2.45) is 0 Å². The van der Waals surface area contributed by atoms with Crippen molar-refractivity contribution in [1.29, 1.82) is 0 Å². The van der Waals surface area contributed by atoms with Crippen molar-refractivity contribution in [1.82, 2.24) is 14.6 Å². The molecule has 0 radical (unpaired) electrons. The molecule has 0 aliphatic rings. The average molecular weight is 182 g/mol. The van der Waals surface area contributed by atoms with Gasteiger partial charge in [0.05, 0.1) is 6.20 Å². The Balaban J connectivity index is 2.75. The van der Waals surface area contributed by atoms with E-state index < -0.39 is 0 Å². The maximum Gasteiger partial charge on any atom is 0.159 e. The highest BCUT2D eigenvalue weighted by atomic mass is 35.5. The molecule has 0 aromatic carbocycles. The van der Waals surface area contributed by atoms with E-state index >= 15 is 0 Å². The Morgan fingerprint density at radius 2 is 2.42 bits per heavy atom. The second kappa shape index (κ2) is 2.75. The Labute approximate surface area is 75.0 Å². The van der Waals surface area contributed by atoms with Crippen LogP contribution in [0.1, 0.15) is 12.5 Å². The molecule has 2 aromatic heterocycles. The van der Waals surface area contributed by atoms with Crippen molar-refractivity contribution in [2.75, 3.05) is 0 Å². The summed E-state index contributed by atoms with van der Waals surface area (Å²) < 4.78 is 1.73. The molecule has 0 fully saturated rings. The second-order valence-corrected chi connectivity index (χ2v) is 2.93. The monoisotopic (exact) mass is 181 g/mol. The number of hydrogen-bond acceptors (Lipinski definition) is 2. The van der Waals surface area contributed by atoms with Crippen LogP contribution >= 0.6 is 11.6 Å². The molecule has 0 aliphatic heterocycles. The van der Waals surface area contributed by atoms with Crippen LogP contribution in [0.15, 0.2) is 18.5 Å². The fourth-order valence-corrected chi connectivity index (χ4v) is 1.28. The van der Waals surface area contributed by atoms with E-state index in [9.17, 15) is 0 Å². The Kier molecular flexibility index (Phi) is 1.73. The fraction of sp³-hybridized carbons (Fsp3) is 0.250. The molecule has 2 heterocycles. The number of rotatable bonds is 1. The molecule has 2 rings (SSSR count). The first-order valence-electron chi connectivity index (χ1n) is 3.80. The van der Waals surface area contributed by atoms with E-state index in [4.69, 9.17) is 11.6 Å². The summed E-state index contributed by atoms with van der Waals surface area (Å²) in [5.74, 6) is 0. The summed E-state index contributed by atoms with van der Waals surface area (Å²) >= 11 is 5.75. The topological polar surface area (TPSA) is 30.2 Å². The van der Waals surface area contributed by atoms with Crippen LogP contribution in [0.3, 0.4) is 0 Å². The maximum absolute atomic E-state index is 5.75. The van der Waals surface area contributed by atoms with Crippen LogP contribution in [-0.4, -0.2) is 14.6 Å². The zero-order chi connectivity index (χ0) is 8.55. The quantitative estimate of drug-likeness (QED) is 0.630. The lowest BCUT2D eigenvalue weighted by atomic mass is 10.3. The molecule has 12 heavy (non-hydrogen) atoms. The van der Waals surface area contributed by atoms with Crippen LogP contribution in [0.2, 0.25) is 5.15 Å². The summed E-state index contributed by atoms with van der Waals surface area (Å²) in [6, 6.07) is 1.72. The van der Waals surface area contributed by atoms with Crippen molar-refractivity contribution >= 4 is 17.2 Å². The van der Waals surface area contributed by atoms with Crippen LogP contribution in [0.5, 0.6) is 0 Å². The Morgan fingerprint density at radius 1 is 1.58 bits per heavy atom. The predicted molar refractivity (Wildman–Crippen MR) is 47.4 cm³/mol. The standard InChI is InChI=1S/C8H8ClN3/c1-2-6-5-10-12-4-3-7(9)11-8(6)12/h3-5H,2H2,1H3. The lowest BCUT2D eigenvalue weighted by molar-refractivity contribution is 0.939. The molecule has 0 unspecified atom stereocenters. The van der Waals surface area contributed by atoms with Crippen LogP contribution < -0.4 is 0 Å². The molecular formula is C8H8ClN3. The first kappa shape index (κ1) is 7.55. The van der Waals surface area contributed by atoms with Gasteiger partial charge in [-0.15, -0.1) is 0 Å². The molecule has 0 saturated carbocycles. The molecule has 0 aliphatic carbocycles. The van der Waals surface area contributed by atoms with Crippen molar-refractivity contribution in [3.63, 3.8) is 0 Å². The van der Waals surface area contributed by atoms with Gasteiger partial charge in [-0.2, -0.15) is 5.10 Å². The zero-order valence-corrected chi connectivity index (χ0v) is 7.41. The number of hydrogen-bond donors (Lipinski definition) is 0. The second-order valence-electron chi connectivity index (χ2n) is 2.54. The van der Waals surface area contributed by atoms with Gasteiger partial charge in [-0.3, -0.25) is 0 Å². The van der Waals surface area contributed by atoms with Gasteiger partial charge >= 0.3 is 0 Å². The molecule has 0 N–H and O–H groups in total. The number of fused-ring (bicyclic) bond motifs is 1. The summed E-state index contributed by atoms with van der Waals surface area (Å²) in [6.07, 6.45) is 4.55. The molecule has 0 amide bonds. The number of aryl methyl sites for hydroxylation is 1. The number of aromatic nitrogens is 3. The largest absolute Gasteiger partial charge is 0.222 e. The fourth-order valence-electron chi connectivity index (χ4n) is 1.14. The van der Waals surface area contributed by atoms with Crippen LogP contribution in [0.4, 0.5) is 0 Å². The SMILES string of the molecule is CCc1cnn2ccc(Cl)nc12. The molecule has 0 saturated heterocycles. The summed E-state index contributed by atoms with van der Waals surface area (Å²) in [5, 5.41) is 4.64. The summed E-state index contributed by atoms with van der Waals surface area (Å²) in [7, 11) is 0. The Morgan fingerprint density at radius 3 is 3.17 bits per heavy atom. The summed E-state index contributed by atoms with van der Waals surface area (Å²) in [4.78, 5) is 4.17. The highest BCUT2D eigenvalue weighted by molar-refractivity contribution is 6.29. The van der Waals surface area contributed by atoms with Crippen LogP contribution in [-0.2, 0) is 6.42 Å². The third kappa shape index (κ3) is 1.06. The van der Waals surface area contributed by atoms with Gasteiger partial charge in [0, 0.05) is 11.8 Å². The molecular weight excluding hydrogens is 174 g/mol. The van der Waals surface area contributed by atoms with Gasteiger partial charge in [-0.1, -0.05) is 18.5 Å². The van der Waals surface area contributed by atoms with Gasteiger partial charge in [0.2, 0.25) is 0 Å². The Bertz CT molecular complexity index is 408. The van der Waals surface area contributed by atoms with Gasteiger partial charge in [-0.05, 0) is 12.5 Å². The van der Waals surface area contributed by atoms with Crippen LogP contribution in [0, 0.1) is 0 Å². The van der Waals surface area contributed by atoms with E-state index in [0.717, 1.165) is 17.6 Å². The van der Waals surface area contributed by atoms with Crippen molar-refractivity contribution in [3.05, 3.63) is 29.2 Å². The minimum Gasteiger partial charge on any atom is -0.222 e. The van der Waals surface area contributed by atoms with Crippen molar-refractivity contribution < 1.29 is 0 Å². The summed E-state index contributed by atoms with van der Waals surface area (Å²) in [5.41, 5.74) is 1.97. The molecule has 3 nitrogen and oxygen atoms in total. The lowest BCUT2D eigenvalue weighted by Gasteiger charge is -1.94. The predicted octanol–water partition coefficient (Wildman–Crippen LogP) is 1.95. The van der Waals surface area contributed by atoms with Gasteiger partial charge in [-0.25, -0.2) is 9.50 Å². The lowest BCUT2D eigenvalue weighted by Crippen LogP contribution is -1.89. The number of halogens is 1. The zero-order valence-electron chi connectivity index (χ0n) is 6.66. The van der Waals surface area contributed by atoms with E-state index in [2.05, 4.69) is 17.0 Å². The highest BCUT2D eigenvalue weighted by Gasteiger charge is 2.02. The molecule has 0 bridgehead atoms. The highest BCUT2D eigenvalue weighted by Crippen LogP contribution is 2.11. The van der Waals surface area contributed by atoms with E-state index in [1.165, 1.54) is 0 Å². The van der Waals surface area contributed by atoms with E-state index in [0.29, 0.717) is 5.15 Å². The normalized spacial score (nSPS) is 10.8. The average Bonchev–Trinajstić information content (AvgIpc) is 2.46. The van der Waals surface area contributed by atoms with E-state index in [-0.39, 0.29) is 0 Å². The first-order valence-corrected chi connectivity index (χ1v) is 4.18.